The van der Waals surface area contributed by atoms with Gasteiger partial charge in [-0.3, -0.25) is 4.98 Å². The van der Waals surface area contributed by atoms with Gasteiger partial charge in [0.1, 0.15) is 5.76 Å². The fourth-order valence-electron chi connectivity index (χ4n) is 3.06. The minimum Gasteiger partial charge on any atom is -0.464 e. The smallest absolute Gasteiger partial charge is 0.134 e. The topological polar surface area (TPSA) is 66.5 Å². The van der Waals surface area contributed by atoms with Crippen molar-refractivity contribution in [3.05, 3.63) is 40.9 Å². The predicted octanol–water partition coefficient (Wildman–Crippen LogP) is 4.70. The molecule has 0 aliphatic carbocycles. The molecule has 0 saturated heterocycles. The maximum absolute atomic E-state index is 10.4. The highest BCUT2D eigenvalue weighted by Gasteiger charge is 2.28. The molecular weight excluding hydrogens is 290 g/mol. The molecule has 2 N–H and O–H groups in total. The Labute approximate surface area is 138 Å². The van der Waals surface area contributed by atoms with Gasteiger partial charge in [0.05, 0.1) is 18.5 Å². The van der Waals surface area contributed by atoms with Gasteiger partial charge in [-0.2, -0.15) is 0 Å². The summed E-state index contributed by atoms with van der Waals surface area (Å²) in [7, 11) is 0. The highest BCUT2D eigenvalue weighted by atomic mass is 16.3. The maximum Gasteiger partial charge on any atom is 0.134 e. The first-order chi connectivity index (χ1) is 10.8. The van der Waals surface area contributed by atoms with Gasteiger partial charge in [0.2, 0.25) is 0 Å². The van der Waals surface area contributed by atoms with Crippen LogP contribution in [0.3, 0.4) is 0 Å². The first-order valence-corrected chi connectivity index (χ1v) is 8.23. The lowest BCUT2D eigenvalue weighted by Crippen LogP contribution is -2.15. The van der Waals surface area contributed by atoms with E-state index in [-0.39, 0.29) is 11.8 Å². The number of aliphatic hydroxyl groups is 2. The number of aliphatic hydroxyl groups excluding tert-OH is 2. The molecule has 0 saturated carbocycles. The van der Waals surface area contributed by atoms with E-state index in [2.05, 4.69) is 27.7 Å². The third-order valence-electron chi connectivity index (χ3n) is 4.03. The van der Waals surface area contributed by atoms with Crippen molar-refractivity contribution in [1.29, 1.82) is 0 Å². The van der Waals surface area contributed by atoms with Crippen LogP contribution in [0.1, 0.15) is 88.1 Å². The molecule has 2 aromatic heterocycles. The summed E-state index contributed by atoms with van der Waals surface area (Å²) in [5.74, 6) is 0.978. The highest BCUT2D eigenvalue weighted by Crippen LogP contribution is 2.41. The van der Waals surface area contributed by atoms with Crippen LogP contribution in [0.15, 0.2) is 22.8 Å². The Morgan fingerprint density at radius 3 is 1.65 bits per heavy atom. The molecule has 0 bridgehead atoms. The molecule has 2 aromatic rings. The highest BCUT2D eigenvalue weighted by molar-refractivity contribution is 5.70. The lowest BCUT2D eigenvalue weighted by atomic mass is 9.86. The van der Waals surface area contributed by atoms with Crippen molar-refractivity contribution in [2.75, 3.05) is 0 Å². The Hall–Kier alpha value is -1.65. The van der Waals surface area contributed by atoms with Crippen LogP contribution in [-0.2, 0) is 0 Å². The molecule has 126 valence electrons. The zero-order valence-electron chi connectivity index (χ0n) is 14.8. The average molecular weight is 317 g/mol. The Morgan fingerprint density at radius 1 is 0.870 bits per heavy atom. The number of nitrogens with zero attached hydrogens (tertiary/aromatic N) is 1. The minimum absolute atomic E-state index is 0.161. The molecule has 2 unspecified atom stereocenters. The summed E-state index contributed by atoms with van der Waals surface area (Å²) in [4.78, 5) is 4.82. The fraction of sp³-hybridized carbons (Fsp3) is 0.526. The van der Waals surface area contributed by atoms with Crippen molar-refractivity contribution < 1.29 is 14.6 Å². The minimum atomic E-state index is -0.696. The lowest BCUT2D eigenvalue weighted by molar-refractivity contribution is 0.190. The van der Waals surface area contributed by atoms with Crippen LogP contribution in [0.5, 0.6) is 0 Å². The Bertz CT molecular complexity index is 617. The van der Waals surface area contributed by atoms with Crippen molar-refractivity contribution in [2.24, 2.45) is 0 Å². The molecule has 0 amide bonds. The van der Waals surface area contributed by atoms with Gasteiger partial charge in [0.15, 0.2) is 0 Å². The van der Waals surface area contributed by atoms with Crippen molar-refractivity contribution >= 4 is 0 Å². The molecule has 23 heavy (non-hydrogen) atoms. The van der Waals surface area contributed by atoms with Crippen LogP contribution in [0, 0.1) is 0 Å². The second kappa shape index (κ2) is 6.85. The number of hydrogen-bond donors (Lipinski definition) is 2. The molecule has 0 spiro atoms. The molecule has 0 fully saturated rings. The van der Waals surface area contributed by atoms with E-state index in [9.17, 15) is 10.2 Å². The third-order valence-corrected chi connectivity index (χ3v) is 4.03. The van der Waals surface area contributed by atoms with E-state index in [0.717, 1.165) is 28.1 Å². The van der Waals surface area contributed by atoms with E-state index in [1.54, 1.807) is 20.1 Å². The van der Waals surface area contributed by atoms with Gasteiger partial charge >= 0.3 is 0 Å². The van der Waals surface area contributed by atoms with Crippen LogP contribution in [-0.4, -0.2) is 15.2 Å². The zero-order chi connectivity index (χ0) is 17.3. The monoisotopic (exact) mass is 317 g/mol. The molecule has 2 rings (SSSR count). The van der Waals surface area contributed by atoms with Gasteiger partial charge < -0.3 is 14.6 Å². The van der Waals surface area contributed by atoms with Crippen LogP contribution >= 0.6 is 0 Å². The van der Waals surface area contributed by atoms with Crippen LogP contribution < -0.4 is 0 Å². The second-order valence-corrected chi connectivity index (χ2v) is 6.72. The number of aromatic nitrogens is 1. The fourth-order valence-corrected chi connectivity index (χ4v) is 3.06. The summed E-state index contributed by atoms with van der Waals surface area (Å²) in [6.07, 6.45) is 0.217. The van der Waals surface area contributed by atoms with Gasteiger partial charge in [0, 0.05) is 28.1 Å². The van der Waals surface area contributed by atoms with Gasteiger partial charge in [-0.05, 0) is 37.8 Å². The average Bonchev–Trinajstić information content (AvgIpc) is 2.98. The standard InChI is InChI=1S/C19H27NO3/c1-10(2)18-15(12(5)21)17(14-8-7-9-23-14)16(13(6)22)19(20-18)11(3)4/h7-13,21-22H,1-6H3. The van der Waals surface area contributed by atoms with Crippen LogP contribution in [0.4, 0.5) is 0 Å². The second-order valence-electron chi connectivity index (χ2n) is 6.72. The zero-order valence-corrected chi connectivity index (χ0v) is 14.8. The third kappa shape index (κ3) is 3.33. The van der Waals surface area contributed by atoms with E-state index < -0.39 is 12.2 Å². The quantitative estimate of drug-likeness (QED) is 0.839. The first-order valence-electron chi connectivity index (χ1n) is 8.23. The van der Waals surface area contributed by atoms with Gasteiger partial charge in [-0.25, -0.2) is 0 Å². The normalized spacial score (nSPS) is 14.5. The van der Waals surface area contributed by atoms with Crippen LogP contribution in [0.2, 0.25) is 0 Å². The molecule has 0 aliphatic heterocycles. The molecule has 4 nitrogen and oxygen atoms in total. The molecular formula is C19H27NO3. The summed E-state index contributed by atoms with van der Waals surface area (Å²) < 4.78 is 5.62. The largest absolute Gasteiger partial charge is 0.464 e. The van der Waals surface area contributed by atoms with E-state index >= 15 is 0 Å². The molecule has 0 aromatic carbocycles. The SMILES string of the molecule is CC(C)c1nc(C(C)C)c(C(C)O)c(-c2ccco2)c1C(C)O. The summed E-state index contributed by atoms with van der Waals surface area (Å²) in [5.41, 5.74) is 3.99. The van der Waals surface area contributed by atoms with Crippen molar-refractivity contribution in [3.8, 4) is 11.3 Å². The summed E-state index contributed by atoms with van der Waals surface area (Å²) in [6.45, 7) is 11.7. The number of furan rings is 1. The molecule has 2 atom stereocenters. The molecule has 0 radical (unpaired) electrons. The van der Waals surface area contributed by atoms with E-state index in [0.29, 0.717) is 5.76 Å². The summed E-state index contributed by atoms with van der Waals surface area (Å²) >= 11 is 0. The van der Waals surface area contributed by atoms with E-state index in [1.165, 1.54) is 0 Å². The van der Waals surface area contributed by atoms with Gasteiger partial charge in [0.25, 0.3) is 0 Å². The number of hydrogen-bond acceptors (Lipinski definition) is 4. The molecule has 2 heterocycles. The molecule has 0 aliphatic rings. The predicted molar refractivity (Wildman–Crippen MR) is 91.4 cm³/mol. The Balaban J connectivity index is 2.97. The van der Waals surface area contributed by atoms with Gasteiger partial charge in [-0.1, -0.05) is 27.7 Å². The number of pyridine rings is 1. The van der Waals surface area contributed by atoms with Gasteiger partial charge in [-0.15, -0.1) is 0 Å². The van der Waals surface area contributed by atoms with Crippen LogP contribution in [0.25, 0.3) is 11.3 Å². The Morgan fingerprint density at radius 2 is 1.35 bits per heavy atom. The maximum atomic E-state index is 10.4. The summed E-state index contributed by atoms with van der Waals surface area (Å²) in [6, 6.07) is 3.68. The van der Waals surface area contributed by atoms with E-state index in [1.807, 2.05) is 12.1 Å². The Kier molecular flexibility index (Phi) is 5.27. The van der Waals surface area contributed by atoms with Crippen molar-refractivity contribution in [1.82, 2.24) is 4.98 Å². The molecule has 4 heteroatoms. The van der Waals surface area contributed by atoms with Crippen molar-refractivity contribution in [3.63, 3.8) is 0 Å². The number of rotatable bonds is 5. The lowest BCUT2D eigenvalue weighted by Gasteiger charge is -2.26. The van der Waals surface area contributed by atoms with E-state index in [4.69, 9.17) is 9.40 Å². The summed E-state index contributed by atoms with van der Waals surface area (Å²) in [5, 5.41) is 20.8. The first kappa shape index (κ1) is 17.7. The van der Waals surface area contributed by atoms with Crippen molar-refractivity contribution in [2.45, 2.75) is 65.6 Å².